The minimum atomic E-state index is -0.174. The molecule has 4 rings (SSSR count). The second-order valence-corrected chi connectivity index (χ2v) is 6.12. The molecule has 1 heterocycles. The van der Waals surface area contributed by atoms with E-state index in [1.807, 2.05) is 12.1 Å². The van der Waals surface area contributed by atoms with Crippen molar-refractivity contribution in [3.05, 3.63) is 77.1 Å². The molecule has 0 spiro atoms. The van der Waals surface area contributed by atoms with E-state index < -0.39 is 0 Å². The topological polar surface area (TPSA) is 12.0 Å². The van der Waals surface area contributed by atoms with Crippen LogP contribution in [-0.2, 0) is 0 Å². The first kappa shape index (κ1) is 12.6. The third-order valence-corrected chi connectivity index (χ3v) is 4.75. The van der Waals surface area contributed by atoms with Gasteiger partial charge in [0, 0.05) is 11.6 Å². The average Bonchev–Trinajstić information content (AvgIpc) is 2.97. The summed E-state index contributed by atoms with van der Waals surface area (Å²) in [5, 5.41) is 3.67. The first-order chi connectivity index (χ1) is 10.2. The van der Waals surface area contributed by atoms with Crippen LogP contribution in [-0.4, -0.2) is 0 Å². The number of fused-ring (bicyclic) bond motifs is 3. The number of rotatable bonds is 1. The normalized spacial score (nSPS) is 26.1. The van der Waals surface area contributed by atoms with Crippen molar-refractivity contribution in [2.24, 2.45) is 5.92 Å². The van der Waals surface area contributed by atoms with Gasteiger partial charge < -0.3 is 5.32 Å². The van der Waals surface area contributed by atoms with E-state index in [2.05, 4.69) is 42.6 Å². The van der Waals surface area contributed by atoms with Crippen LogP contribution in [0, 0.1) is 18.7 Å². The predicted octanol–water partition coefficient (Wildman–Crippen LogP) is 4.96. The third kappa shape index (κ3) is 2.06. The van der Waals surface area contributed by atoms with E-state index in [-0.39, 0.29) is 11.9 Å². The molecule has 2 heteroatoms. The van der Waals surface area contributed by atoms with E-state index in [4.69, 9.17) is 0 Å². The van der Waals surface area contributed by atoms with Crippen LogP contribution in [0.15, 0.2) is 54.6 Å². The van der Waals surface area contributed by atoms with Crippen molar-refractivity contribution in [1.29, 1.82) is 0 Å². The van der Waals surface area contributed by atoms with E-state index in [1.54, 1.807) is 12.1 Å². The lowest BCUT2D eigenvalue weighted by Gasteiger charge is -2.37. The highest BCUT2D eigenvalue weighted by Crippen LogP contribution is 2.49. The molecule has 0 bridgehead atoms. The number of hydrogen-bond acceptors (Lipinski definition) is 1. The van der Waals surface area contributed by atoms with Crippen LogP contribution in [0.5, 0.6) is 0 Å². The smallest absolute Gasteiger partial charge is 0.123 e. The van der Waals surface area contributed by atoms with Gasteiger partial charge in [-0.1, -0.05) is 42.0 Å². The molecule has 2 aliphatic rings. The maximum Gasteiger partial charge on any atom is 0.123 e. The Labute approximate surface area is 124 Å². The Morgan fingerprint density at radius 2 is 1.90 bits per heavy atom. The number of halogens is 1. The predicted molar refractivity (Wildman–Crippen MR) is 83.9 cm³/mol. The van der Waals surface area contributed by atoms with E-state index in [1.165, 1.54) is 22.4 Å². The molecule has 3 atom stereocenters. The minimum absolute atomic E-state index is 0.174. The first-order valence-electron chi connectivity index (χ1n) is 7.51. The van der Waals surface area contributed by atoms with Crippen LogP contribution in [0.4, 0.5) is 10.1 Å². The van der Waals surface area contributed by atoms with Gasteiger partial charge in [-0.3, -0.25) is 0 Å². The molecule has 1 aliphatic carbocycles. The van der Waals surface area contributed by atoms with Crippen molar-refractivity contribution in [1.82, 2.24) is 0 Å². The number of aryl methyl sites for hydroxylation is 1. The highest BCUT2D eigenvalue weighted by Gasteiger charge is 2.37. The van der Waals surface area contributed by atoms with Gasteiger partial charge in [0.25, 0.3) is 0 Å². The Bertz CT molecular complexity index is 702. The van der Waals surface area contributed by atoms with E-state index in [9.17, 15) is 4.39 Å². The molecule has 106 valence electrons. The quantitative estimate of drug-likeness (QED) is 0.727. The molecular weight excluding hydrogens is 261 g/mol. The van der Waals surface area contributed by atoms with Gasteiger partial charge in [0.15, 0.2) is 0 Å². The summed E-state index contributed by atoms with van der Waals surface area (Å²) in [6, 6.07) is 13.8. The Kier molecular flexibility index (Phi) is 2.85. The van der Waals surface area contributed by atoms with Crippen molar-refractivity contribution in [2.75, 3.05) is 5.32 Å². The monoisotopic (exact) mass is 279 g/mol. The molecule has 0 amide bonds. The summed E-state index contributed by atoms with van der Waals surface area (Å²) in [6.45, 7) is 2.14. The third-order valence-electron chi connectivity index (χ3n) is 4.75. The zero-order valence-corrected chi connectivity index (χ0v) is 12.0. The molecule has 1 N–H and O–H groups in total. The van der Waals surface area contributed by atoms with Crippen LogP contribution in [0.3, 0.4) is 0 Å². The highest BCUT2D eigenvalue weighted by atomic mass is 19.1. The van der Waals surface area contributed by atoms with Gasteiger partial charge in [-0.25, -0.2) is 4.39 Å². The molecule has 1 nitrogen and oxygen atoms in total. The molecule has 1 aliphatic heterocycles. The van der Waals surface area contributed by atoms with Crippen LogP contribution in [0.1, 0.15) is 35.1 Å². The summed E-state index contributed by atoms with van der Waals surface area (Å²) >= 11 is 0. The van der Waals surface area contributed by atoms with Crippen molar-refractivity contribution < 1.29 is 4.39 Å². The molecule has 2 aromatic carbocycles. The summed E-state index contributed by atoms with van der Waals surface area (Å²) in [5.41, 5.74) is 5.07. The Morgan fingerprint density at radius 1 is 1.10 bits per heavy atom. The number of anilines is 1. The maximum atomic E-state index is 13.2. The molecular formula is C19H18FN. The van der Waals surface area contributed by atoms with Gasteiger partial charge in [-0.2, -0.15) is 0 Å². The van der Waals surface area contributed by atoms with Gasteiger partial charge in [0.05, 0.1) is 6.04 Å². The zero-order chi connectivity index (χ0) is 14.4. The van der Waals surface area contributed by atoms with Gasteiger partial charge in [0.2, 0.25) is 0 Å². The second-order valence-electron chi connectivity index (χ2n) is 6.12. The summed E-state index contributed by atoms with van der Waals surface area (Å²) in [4.78, 5) is 0. The van der Waals surface area contributed by atoms with Crippen LogP contribution >= 0.6 is 0 Å². The fraction of sp³-hybridized carbons (Fsp3) is 0.263. The van der Waals surface area contributed by atoms with Gasteiger partial charge in [-0.15, -0.1) is 0 Å². The molecule has 0 saturated heterocycles. The van der Waals surface area contributed by atoms with Crippen LogP contribution < -0.4 is 5.32 Å². The minimum Gasteiger partial charge on any atom is -0.378 e. The highest BCUT2D eigenvalue weighted by molar-refractivity contribution is 5.60. The van der Waals surface area contributed by atoms with Crippen LogP contribution in [0.25, 0.3) is 0 Å². The van der Waals surface area contributed by atoms with Crippen molar-refractivity contribution in [3.8, 4) is 0 Å². The lowest BCUT2D eigenvalue weighted by Crippen LogP contribution is -2.29. The standard InChI is InChI=1S/C19H18FN/c1-12-5-10-18-17(11-12)15-3-2-4-16(15)19(21-18)13-6-8-14(20)9-7-13/h2-3,5-11,15-16,19,21H,4H2,1H3. The van der Waals surface area contributed by atoms with Crippen molar-refractivity contribution in [3.63, 3.8) is 0 Å². The molecule has 0 aromatic heterocycles. The number of hydrogen-bond donors (Lipinski definition) is 1. The number of nitrogens with one attached hydrogen (secondary N) is 1. The zero-order valence-electron chi connectivity index (χ0n) is 12.0. The van der Waals surface area contributed by atoms with Gasteiger partial charge >= 0.3 is 0 Å². The SMILES string of the molecule is Cc1ccc2c(c1)C1C=CCC1C(c1ccc(F)cc1)N2. The van der Waals surface area contributed by atoms with Gasteiger partial charge in [0.1, 0.15) is 5.82 Å². The lowest BCUT2D eigenvalue weighted by molar-refractivity contribution is 0.425. The molecule has 2 aromatic rings. The largest absolute Gasteiger partial charge is 0.378 e. The molecule has 0 radical (unpaired) electrons. The molecule has 0 fully saturated rings. The Morgan fingerprint density at radius 3 is 2.71 bits per heavy atom. The summed E-state index contributed by atoms with van der Waals surface area (Å²) < 4.78 is 13.2. The molecule has 0 saturated carbocycles. The maximum absolute atomic E-state index is 13.2. The van der Waals surface area contributed by atoms with E-state index >= 15 is 0 Å². The van der Waals surface area contributed by atoms with E-state index in [0.717, 1.165) is 6.42 Å². The van der Waals surface area contributed by atoms with Crippen molar-refractivity contribution in [2.45, 2.75) is 25.3 Å². The van der Waals surface area contributed by atoms with E-state index in [0.29, 0.717) is 11.8 Å². The van der Waals surface area contributed by atoms with Crippen LogP contribution in [0.2, 0.25) is 0 Å². The summed E-state index contributed by atoms with van der Waals surface area (Å²) in [7, 11) is 0. The number of allylic oxidation sites excluding steroid dienone is 2. The summed E-state index contributed by atoms with van der Waals surface area (Å²) in [5.74, 6) is 0.813. The Hall–Kier alpha value is -2.09. The molecule has 3 unspecified atom stereocenters. The fourth-order valence-corrected chi connectivity index (χ4v) is 3.71. The fourth-order valence-electron chi connectivity index (χ4n) is 3.71. The van der Waals surface area contributed by atoms with Gasteiger partial charge in [-0.05, 0) is 48.6 Å². The Balaban J connectivity index is 1.78. The average molecular weight is 279 g/mol. The number of benzene rings is 2. The second kappa shape index (κ2) is 4.73. The summed E-state index contributed by atoms with van der Waals surface area (Å²) in [6.07, 6.45) is 5.69. The first-order valence-corrected chi connectivity index (χ1v) is 7.51. The molecule has 21 heavy (non-hydrogen) atoms. The van der Waals surface area contributed by atoms with Crippen molar-refractivity contribution >= 4 is 5.69 Å². The lowest BCUT2D eigenvalue weighted by atomic mass is 9.77.